The fraction of sp³-hybridized carbons (Fsp3) is 0.375. The molecule has 0 aliphatic rings. The molecule has 9 heavy (non-hydrogen) atoms. The van der Waals surface area contributed by atoms with Gasteiger partial charge < -0.3 is 0 Å². The standard InChI is InChI=1S/C8H13N/c1-4-5-6-7-9-8(2)3/h5-7H,2,4H2,1,3H3/b6-5-,9-7?. The largest absolute Gasteiger partial charge is 0.262 e. The smallest absolute Gasteiger partial charge is 0.0300 e. The molecule has 0 N–H and O–H groups in total. The first-order valence-electron chi connectivity index (χ1n) is 3.12. The highest BCUT2D eigenvalue weighted by molar-refractivity contribution is 5.71. The molecule has 0 radical (unpaired) electrons. The first-order chi connectivity index (χ1) is 4.27. The molecule has 0 atom stereocenters. The lowest BCUT2D eigenvalue weighted by Crippen LogP contribution is -1.65. The van der Waals surface area contributed by atoms with Crippen molar-refractivity contribution in [2.24, 2.45) is 4.99 Å². The maximum atomic E-state index is 3.96. The van der Waals surface area contributed by atoms with Crippen molar-refractivity contribution in [2.45, 2.75) is 20.3 Å². The van der Waals surface area contributed by atoms with Crippen LogP contribution < -0.4 is 0 Å². The number of nitrogens with zero attached hydrogens (tertiary/aromatic N) is 1. The SMILES string of the molecule is C=C(C)N=C/C=C\CC. The topological polar surface area (TPSA) is 12.4 Å². The molecule has 0 heterocycles. The fourth-order valence-electron chi connectivity index (χ4n) is 0.367. The van der Waals surface area contributed by atoms with Crippen molar-refractivity contribution in [3.63, 3.8) is 0 Å². The molecule has 0 saturated heterocycles. The summed E-state index contributed by atoms with van der Waals surface area (Å²) in [5.74, 6) is 0. The summed E-state index contributed by atoms with van der Waals surface area (Å²) in [6.45, 7) is 7.58. The summed E-state index contributed by atoms with van der Waals surface area (Å²) in [4.78, 5) is 3.96. The Morgan fingerprint density at radius 3 is 2.78 bits per heavy atom. The summed E-state index contributed by atoms with van der Waals surface area (Å²) in [6, 6.07) is 0. The Kier molecular flexibility index (Phi) is 4.79. The summed E-state index contributed by atoms with van der Waals surface area (Å²) < 4.78 is 0. The highest BCUT2D eigenvalue weighted by Crippen LogP contribution is 1.85. The zero-order valence-corrected chi connectivity index (χ0v) is 6.09. The van der Waals surface area contributed by atoms with Crippen LogP contribution in [-0.2, 0) is 0 Å². The Labute approximate surface area is 56.8 Å². The summed E-state index contributed by atoms with van der Waals surface area (Å²) in [5, 5.41) is 0. The Morgan fingerprint density at radius 2 is 2.33 bits per heavy atom. The van der Waals surface area contributed by atoms with Crippen molar-refractivity contribution in [2.75, 3.05) is 0 Å². The molecule has 0 aliphatic heterocycles. The zero-order valence-electron chi connectivity index (χ0n) is 6.09. The average molecular weight is 123 g/mol. The van der Waals surface area contributed by atoms with Gasteiger partial charge in [0.05, 0.1) is 0 Å². The molecule has 1 heteroatoms. The van der Waals surface area contributed by atoms with Gasteiger partial charge in [-0.15, -0.1) is 0 Å². The molecule has 0 rings (SSSR count). The number of hydrogen-bond acceptors (Lipinski definition) is 1. The van der Waals surface area contributed by atoms with Gasteiger partial charge >= 0.3 is 0 Å². The van der Waals surface area contributed by atoms with Crippen LogP contribution in [0.15, 0.2) is 29.4 Å². The van der Waals surface area contributed by atoms with E-state index in [4.69, 9.17) is 0 Å². The van der Waals surface area contributed by atoms with Crippen molar-refractivity contribution in [1.29, 1.82) is 0 Å². The molecule has 0 aromatic heterocycles. The highest BCUT2D eigenvalue weighted by atomic mass is 14.7. The van der Waals surface area contributed by atoms with Gasteiger partial charge in [-0.3, -0.25) is 4.99 Å². The molecule has 0 spiro atoms. The van der Waals surface area contributed by atoms with Gasteiger partial charge in [0.1, 0.15) is 0 Å². The Morgan fingerprint density at radius 1 is 1.67 bits per heavy atom. The van der Waals surface area contributed by atoms with Gasteiger partial charge in [-0.2, -0.15) is 0 Å². The minimum absolute atomic E-state index is 0.843. The second-order valence-electron chi connectivity index (χ2n) is 1.85. The van der Waals surface area contributed by atoms with Crippen molar-refractivity contribution in [3.05, 3.63) is 24.4 Å². The van der Waals surface area contributed by atoms with Crippen LogP contribution in [0.3, 0.4) is 0 Å². The van der Waals surface area contributed by atoms with E-state index >= 15 is 0 Å². The second kappa shape index (κ2) is 5.29. The van der Waals surface area contributed by atoms with Crippen LogP contribution in [-0.4, -0.2) is 6.21 Å². The average Bonchev–Trinajstić information content (AvgIpc) is 1.80. The molecule has 0 unspecified atom stereocenters. The van der Waals surface area contributed by atoms with Crippen LogP contribution in [0.2, 0.25) is 0 Å². The van der Waals surface area contributed by atoms with E-state index in [0.717, 1.165) is 12.1 Å². The summed E-state index contributed by atoms with van der Waals surface area (Å²) in [5.41, 5.74) is 0.843. The number of aliphatic imine (C=N–C) groups is 1. The lowest BCUT2D eigenvalue weighted by molar-refractivity contribution is 1.23. The molecule has 50 valence electrons. The zero-order chi connectivity index (χ0) is 7.11. The fourth-order valence-corrected chi connectivity index (χ4v) is 0.367. The molecule has 0 fully saturated rings. The quantitative estimate of drug-likeness (QED) is 0.511. The van der Waals surface area contributed by atoms with Crippen molar-refractivity contribution in [3.8, 4) is 0 Å². The van der Waals surface area contributed by atoms with Crippen LogP contribution in [0.1, 0.15) is 20.3 Å². The minimum atomic E-state index is 0.843. The lowest BCUT2D eigenvalue weighted by Gasteiger charge is -1.80. The molecule has 0 saturated carbocycles. The number of allylic oxidation sites excluding steroid dienone is 3. The molecule has 0 aromatic carbocycles. The lowest BCUT2D eigenvalue weighted by atomic mass is 10.4. The van der Waals surface area contributed by atoms with Gasteiger partial charge in [0.2, 0.25) is 0 Å². The van der Waals surface area contributed by atoms with Crippen molar-refractivity contribution >= 4 is 6.21 Å². The summed E-state index contributed by atoms with van der Waals surface area (Å²) >= 11 is 0. The number of rotatable bonds is 3. The molecule has 0 aromatic rings. The maximum Gasteiger partial charge on any atom is 0.0300 e. The van der Waals surface area contributed by atoms with E-state index < -0.39 is 0 Å². The third-order valence-electron chi connectivity index (χ3n) is 0.753. The third kappa shape index (κ3) is 7.15. The first kappa shape index (κ1) is 8.15. The van der Waals surface area contributed by atoms with Crippen molar-refractivity contribution < 1.29 is 0 Å². The van der Waals surface area contributed by atoms with E-state index in [1.165, 1.54) is 0 Å². The van der Waals surface area contributed by atoms with Crippen LogP contribution in [0, 0.1) is 0 Å². The van der Waals surface area contributed by atoms with Crippen LogP contribution >= 0.6 is 0 Å². The van der Waals surface area contributed by atoms with Crippen LogP contribution in [0.4, 0.5) is 0 Å². The van der Waals surface area contributed by atoms with Gasteiger partial charge in [-0.1, -0.05) is 19.6 Å². The molecule has 0 bridgehead atoms. The van der Waals surface area contributed by atoms with Crippen LogP contribution in [0.25, 0.3) is 0 Å². The van der Waals surface area contributed by atoms with Gasteiger partial charge in [-0.05, 0) is 19.4 Å². The van der Waals surface area contributed by atoms with Crippen LogP contribution in [0.5, 0.6) is 0 Å². The van der Waals surface area contributed by atoms with E-state index in [9.17, 15) is 0 Å². The molecule has 0 aliphatic carbocycles. The molecule has 1 nitrogen and oxygen atoms in total. The second-order valence-corrected chi connectivity index (χ2v) is 1.85. The monoisotopic (exact) mass is 123 g/mol. The van der Waals surface area contributed by atoms with Gasteiger partial charge in [0.25, 0.3) is 0 Å². The van der Waals surface area contributed by atoms with E-state index in [2.05, 4.69) is 18.5 Å². The van der Waals surface area contributed by atoms with Crippen molar-refractivity contribution in [1.82, 2.24) is 0 Å². The maximum absolute atomic E-state index is 3.96. The van der Waals surface area contributed by atoms with E-state index in [1.54, 1.807) is 6.21 Å². The Hall–Kier alpha value is -0.850. The first-order valence-corrected chi connectivity index (χ1v) is 3.12. The molecule has 0 amide bonds. The van der Waals surface area contributed by atoms with Gasteiger partial charge in [-0.25, -0.2) is 0 Å². The normalized spacial score (nSPS) is 11.3. The summed E-state index contributed by atoms with van der Waals surface area (Å²) in [6.07, 6.45) is 6.79. The minimum Gasteiger partial charge on any atom is -0.262 e. The van der Waals surface area contributed by atoms with Gasteiger partial charge in [0, 0.05) is 11.9 Å². The molecular formula is C8H13N. The Balaban J connectivity index is 3.47. The summed E-state index contributed by atoms with van der Waals surface area (Å²) in [7, 11) is 0. The van der Waals surface area contributed by atoms with E-state index in [-0.39, 0.29) is 0 Å². The highest BCUT2D eigenvalue weighted by Gasteiger charge is 1.68. The Bertz CT molecular complexity index is 132. The van der Waals surface area contributed by atoms with E-state index in [0.29, 0.717) is 0 Å². The third-order valence-corrected chi connectivity index (χ3v) is 0.753. The predicted molar refractivity (Wildman–Crippen MR) is 42.7 cm³/mol. The predicted octanol–water partition coefficient (Wildman–Crippen LogP) is 2.56. The van der Waals surface area contributed by atoms with Gasteiger partial charge in [0.15, 0.2) is 0 Å². The number of hydrogen-bond donors (Lipinski definition) is 0. The van der Waals surface area contributed by atoms with E-state index in [1.807, 2.05) is 19.1 Å². The molecular weight excluding hydrogens is 110 g/mol.